The number of anilines is 1. The summed E-state index contributed by atoms with van der Waals surface area (Å²) in [4.78, 5) is 14.7. The number of hydrogen-bond donors (Lipinski definition) is 1. The zero-order chi connectivity index (χ0) is 15.2. The summed E-state index contributed by atoms with van der Waals surface area (Å²) in [5.41, 5.74) is 3.33. The Bertz CT molecular complexity index is 484. The van der Waals surface area contributed by atoms with E-state index in [9.17, 15) is 4.79 Å². The van der Waals surface area contributed by atoms with E-state index in [0.29, 0.717) is 12.5 Å². The van der Waals surface area contributed by atoms with Crippen LogP contribution in [0.4, 0.5) is 5.69 Å². The lowest BCUT2D eigenvalue weighted by molar-refractivity contribution is -0.116. The van der Waals surface area contributed by atoms with Crippen LogP contribution >= 0.6 is 0 Å². The number of nitrogens with one attached hydrogen (secondary N) is 1. The molecule has 1 amide bonds. The lowest BCUT2D eigenvalue weighted by atomic mass is 10.00. The van der Waals surface area contributed by atoms with Gasteiger partial charge in [0.15, 0.2) is 0 Å². The highest BCUT2D eigenvalue weighted by molar-refractivity contribution is 5.91. The summed E-state index contributed by atoms with van der Waals surface area (Å²) in [5.74, 6) is 0.129. The van der Waals surface area contributed by atoms with E-state index in [1.54, 1.807) is 0 Å². The number of hydrogen-bond acceptors (Lipinski definition) is 2. The molecule has 2 rings (SSSR count). The largest absolute Gasteiger partial charge is 0.326 e. The minimum atomic E-state index is 0.129. The van der Waals surface area contributed by atoms with Gasteiger partial charge in [-0.3, -0.25) is 9.69 Å². The molecule has 1 fully saturated rings. The Hall–Kier alpha value is -1.35. The van der Waals surface area contributed by atoms with Crippen LogP contribution in [0.25, 0.3) is 0 Å². The molecule has 3 nitrogen and oxygen atoms in total. The standard InChI is InChI=1S/C18H28N2O/c1-4-16-9-5-6-12-20(16)13-11-18(21)19-17-10-7-8-14(2)15(17)3/h7-8,10,16H,4-6,9,11-13H2,1-3H3,(H,19,21). The van der Waals surface area contributed by atoms with Gasteiger partial charge in [-0.1, -0.05) is 25.5 Å². The summed E-state index contributed by atoms with van der Waals surface area (Å²) in [6.07, 6.45) is 5.68. The summed E-state index contributed by atoms with van der Waals surface area (Å²) in [7, 11) is 0. The van der Waals surface area contributed by atoms with Gasteiger partial charge in [0.05, 0.1) is 0 Å². The van der Waals surface area contributed by atoms with E-state index >= 15 is 0 Å². The van der Waals surface area contributed by atoms with Crippen LogP contribution in [0.15, 0.2) is 18.2 Å². The van der Waals surface area contributed by atoms with E-state index in [-0.39, 0.29) is 5.91 Å². The van der Waals surface area contributed by atoms with Gasteiger partial charge in [-0.25, -0.2) is 0 Å². The molecule has 1 atom stereocenters. The van der Waals surface area contributed by atoms with Gasteiger partial charge in [0, 0.05) is 24.7 Å². The Morgan fingerprint density at radius 3 is 2.90 bits per heavy atom. The molecule has 0 spiro atoms. The molecular weight excluding hydrogens is 260 g/mol. The number of rotatable bonds is 5. The number of aryl methyl sites for hydroxylation is 1. The second kappa shape index (κ2) is 7.60. The Morgan fingerprint density at radius 1 is 1.33 bits per heavy atom. The van der Waals surface area contributed by atoms with E-state index in [2.05, 4.69) is 37.1 Å². The van der Waals surface area contributed by atoms with Crippen LogP contribution in [0.1, 0.15) is 50.2 Å². The fourth-order valence-electron chi connectivity index (χ4n) is 3.16. The lowest BCUT2D eigenvalue weighted by Crippen LogP contribution is -2.40. The van der Waals surface area contributed by atoms with E-state index in [4.69, 9.17) is 0 Å². The number of carbonyl (C=O) groups is 1. The van der Waals surface area contributed by atoms with Crippen molar-refractivity contribution in [3.05, 3.63) is 29.3 Å². The molecule has 116 valence electrons. The van der Waals surface area contributed by atoms with E-state index in [0.717, 1.165) is 24.3 Å². The first-order valence-corrected chi connectivity index (χ1v) is 8.22. The van der Waals surface area contributed by atoms with Crippen molar-refractivity contribution in [3.8, 4) is 0 Å². The topological polar surface area (TPSA) is 32.3 Å². The molecule has 1 unspecified atom stereocenters. The maximum atomic E-state index is 12.2. The third-order valence-electron chi connectivity index (χ3n) is 4.73. The zero-order valence-electron chi connectivity index (χ0n) is 13.6. The van der Waals surface area contributed by atoms with Gasteiger partial charge in [-0.05, 0) is 56.8 Å². The molecule has 0 saturated carbocycles. The monoisotopic (exact) mass is 288 g/mol. The number of likely N-dealkylation sites (tertiary alicyclic amines) is 1. The average molecular weight is 288 g/mol. The van der Waals surface area contributed by atoms with Crippen LogP contribution in [-0.2, 0) is 4.79 Å². The van der Waals surface area contributed by atoms with Crippen molar-refractivity contribution in [1.82, 2.24) is 4.90 Å². The fourth-order valence-corrected chi connectivity index (χ4v) is 3.16. The van der Waals surface area contributed by atoms with Crippen LogP contribution in [0.5, 0.6) is 0 Å². The highest BCUT2D eigenvalue weighted by atomic mass is 16.1. The quantitative estimate of drug-likeness (QED) is 0.891. The molecule has 1 aliphatic heterocycles. The predicted molar refractivity (Wildman–Crippen MR) is 88.7 cm³/mol. The fraction of sp³-hybridized carbons (Fsp3) is 0.611. The molecule has 1 saturated heterocycles. The highest BCUT2D eigenvalue weighted by Crippen LogP contribution is 2.20. The van der Waals surface area contributed by atoms with Gasteiger partial charge >= 0.3 is 0 Å². The van der Waals surface area contributed by atoms with E-state index in [1.807, 2.05) is 12.1 Å². The number of carbonyl (C=O) groups excluding carboxylic acids is 1. The van der Waals surface area contributed by atoms with Crippen LogP contribution in [-0.4, -0.2) is 29.9 Å². The summed E-state index contributed by atoms with van der Waals surface area (Å²) in [6, 6.07) is 6.73. The lowest BCUT2D eigenvalue weighted by Gasteiger charge is -2.35. The van der Waals surface area contributed by atoms with Gasteiger partial charge < -0.3 is 5.32 Å². The van der Waals surface area contributed by atoms with Crippen molar-refractivity contribution in [2.75, 3.05) is 18.4 Å². The first-order valence-electron chi connectivity index (χ1n) is 8.22. The van der Waals surface area contributed by atoms with Crippen LogP contribution in [0.2, 0.25) is 0 Å². The van der Waals surface area contributed by atoms with Crippen molar-refractivity contribution in [3.63, 3.8) is 0 Å². The summed E-state index contributed by atoms with van der Waals surface area (Å²) >= 11 is 0. The predicted octanol–water partition coefficient (Wildman–Crippen LogP) is 3.90. The number of nitrogens with zero attached hydrogens (tertiary/aromatic N) is 1. The number of benzene rings is 1. The molecule has 1 aromatic carbocycles. The Kier molecular flexibility index (Phi) is 5.80. The summed E-state index contributed by atoms with van der Waals surface area (Å²) < 4.78 is 0. The van der Waals surface area contributed by atoms with Crippen molar-refractivity contribution in [2.45, 2.75) is 58.9 Å². The Balaban J connectivity index is 1.85. The van der Waals surface area contributed by atoms with Crippen molar-refractivity contribution in [1.29, 1.82) is 0 Å². The number of piperidine rings is 1. The molecule has 1 N–H and O–H groups in total. The van der Waals surface area contributed by atoms with E-state index in [1.165, 1.54) is 31.2 Å². The number of amides is 1. The molecule has 21 heavy (non-hydrogen) atoms. The summed E-state index contributed by atoms with van der Waals surface area (Å²) in [5, 5.41) is 3.06. The van der Waals surface area contributed by atoms with Crippen LogP contribution in [0.3, 0.4) is 0 Å². The van der Waals surface area contributed by atoms with Crippen molar-refractivity contribution in [2.24, 2.45) is 0 Å². The van der Waals surface area contributed by atoms with Gasteiger partial charge in [-0.15, -0.1) is 0 Å². The first-order chi connectivity index (χ1) is 10.1. The Labute approximate surface area is 128 Å². The molecule has 0 bridgehead atoms. The molecule has 0 aliphatic carbocycles. The first kappa shape index (κ1) is 16.0. The minimum absolute atomic E-state index is 0.129. The maximum absolute atomic E-state index is 12.2. The zero-order valence-corrected chi connectivity index (χ0v) is 13.6. The van der Waals surface area contributed by atoms with Gasteiger partial charge in [0.25, 0.3) is 0 Å². The highest BCUT2D eigenvalue weighted by Gasteiger charge is 2.21. The second-order valence-electron chi connectivity index (χ2n) is 6.14. The molecule has 1 heterocycles. The third-order valence-corrected chi connectivity index (χ3v) is 4.73. The molecule has 0 aromatic heterocycles. The third kappa shape index (κ3) is 4.31. The van der Waals surface area contributed by atoms with Gasteiger partial charge in [0.1, 0.15) is 0 Å². The van der Waals surface area contributed by atoms with E-state index < -0.39 is 0 Å². The van der Waals surface area contributed by atoms with Gasteiger partial charge in [0.2, 0.25) is 5.91 Å². The SMILES string of the molecule is CCC1CCCCN1CCC(=O)Nc1cccc(C)c1C. The maximum Gasteiger partial charge on any atom is 0.225 e. The summed E-state index contributed by atoms with van der Waals surface area (Å²) in [6.45, 7) is 8.41. The molecular formula is C18H28N2O. The average Bonchev–Trinajstić information content (AvgIpc) is 2.50. The second-order valence-corrected chi connectivity index (χ2v) is 6.14. The van der Waals surface area contributed by atoms with Gasteiger partial charge in [-0.2, -0.15) is 0 Å². The van der Waals surface area contributed by atoms with Crippen molar-refractivity contribution >= 4 is 11.6 Å². The van der Waals surface area contributed by atoms with Crippen LogP contribution < -0.4 is 5.32 Å². The van der Waals surface area contributed by atoms with Crippen molar-refractivity contribution < 1.29 is 4.79 Å². The Morgan fingerprint density at radius 2 is 2.14 bits per heavy atom. The molecule has 1 aliphatic rings. The minimum Gasteiger partial charge on any atom is -0.326 e. The molecule has 3 heteroatoms. The molecule has 1 aromatic rings. The van der Waals surface area contributed by atoms with Crippen LogP contribution in [0, 0.1) is 13.8 Å². The smallest absolute Gasteiger partial charge is 0.225 e. The molecule has 0 radical (unpaired) electrons. The normalized spacial score (nSPS) is 19.5.